The summed E-state index contributed by atoms with van der Waals surface area (Å²) < 4.78 is 23.0. The molecule has 3 N–H and O–H groups in total. The van der Waals surface area contributed by atoms with E-state index in [1.54, 1.807) is 0 Å². The predicted molar refractivity (Wildman–Crippen MR) is 80.1 cm³/mol. The van der Waals surface area contributed by atoms with Crippen LogP contribution in [-0.2, 0) is 9.84 Å². The van der Waals surface area contributed by atoms with Gasteiger partial charge in [-0.05, 0) is 25.0 Å². The van der Waals surface area contributed by atoms with Crippen LogP contribution >= 0.6 is 0 Å². The van der Waals surface area contributed by atoms with Crippen LogP contribution in [0.15, 0.2) is 23.1 Å². The van der Waals surface area contributed by atoms with Crippen molar-refractivity contribution in [3.05, 3.63) is 28.3 Å². The molecule has 0 unspecified atom stereocenters. The highest BCUT2D eigenvalue weighted by atomic mass is 32.2. The van der Waals surface area contributed by atoms with Crippen molar-refractivity contribution in [3.63, 3.8) is 0 Å². The van der Waals surface area contributed by atoms with Gasteiger partial charge in [-0.3, -0.25) is 10.1 Å². The van der Waals surface area contributed by atoms with E-state index in [1.165, 1.54) is 12.1 Å². The Kier molecular flexibility index (Phi) is 4.48. The Bertz CT molecular complexity index is 645. The number of anilines is 1. The molecule has 2 rings (SSSR count). The third-order valence-electron chi connectivity index (χ3n) is 3.75. The zero-order valence-electron chi connectivity index (χ0n) is 11.8. The van der Waals surface area contributed by atoms with E-state index in [-0.39, 0.29) is 22.7 Å². The van der Waals surface area contributed by atoms with Crippen LogP contribution in [0.1, 0.15) is 25.7 Å². The molecule has 1 aromatic carbocycles. The Hall–Kier alpha value is -1.67. The Morgan fingerprint density at radius 3 is 2.57 bits per heavy atom. The molecule has 1 fully saturated rings. The van der Waals surface area contributed by atoms with Crippen molar-refractivity contribution in [2.75, 3.05) is 11.6 Å². The van der Waals surface area contributed by atoms with Gasteiger partial charge in [0.15, 0.2) is 9.84 Å². The van der Waals surface area contributed by atoms with Gasteiger partial charge >= 0.3 is 0 Å². The molecule has 1 saturated carbocycles. The van der Waals surface area contributed by atoms with E-state index in [2.05, 4.69) is 5.32 Å². The van der Waals surface area contributed by atoms with Crippen LogP contribution in [-0.4, -0.2) is 31.7 Å². The number of hydrogen-bond donors (Lipinski definition) is 2. The maximum atomic E-state index is 11.5. The normalized spacial score (nSPS) is 22.8. The highest BCUT2D eigenvalue weighted by Gasteiger charge is 2.25. The largest absolute Gasteiger partial charge is 0.375 e. The molecule has 0 radical (unpaired) electrons. The highest BCUT2D eigenvalue weighted by Crippen LogP contribution is 2.30. The summed E-state index contributed by atoms with van der Waals surface area (Å²) in [6, 6.07) is 3.83. The fourth-order valence-electron chi connectivity index (χ4n) is 2.55. The molecule has 0 amide bonds. The van der Waals surface area contributed by atoms with Crippen LogP contribution in [0.25, 0.3) is 0 Å². The van der Waals surface area contributed by atoms with Gasteiger partial charge in [0.2, 0.25) is 0 Å². The fourth-order valence-corrected chi connectivity index (χ4v) is 3.19. The molecule has 21 heavy (non-hydrogen) atoms. The molecule has 7 nitrogen and oxygen atoms in total. The molecule has 0 heterocycles. The quantitative estimate of drug-likeness (QED) is 0.645. The minimum atomic E-state index is -3.48. The van der Waals surface area contributed by atoms with Gasteiger partial charge in [0.25, 0.3) is 5.69 Å². The Morgan fingerprint density at radius 2 is 2.00 bits per heavy atom. The van der Waals surface area contributed by atoms with Crippen LogP contribution in [0.4, 0.5) is 11.4 Å². The van der Waals surface area contributed by atoms with Crippen molar-refractivity contribution in [1.82, 2.24) is 0 Å². The van der Waals surface area contributed by atoms with Crippen molar-refractivity contribution in [2.45, 2.75) is 42.7 Å². The number of nitro groups is 1. The Labute approximate surface area is 123 Å². The van der Waals surface area contributed by atoms with Crippen LogP contribution in [0.3, 0.4) is 0 Å². The predicted octanol–water partition coefficient (Wildman–Crippen LogP) is 1.68. The standard InChI is InChI=1S/C13H19N3O4S/c1-21(19,20)9-6-7-12(13(8-9)16(17)18)15-11-5-3-2-4-10(11)14/h6-8,10-11,15H,2-5,14H2,1H3/t10-,11-/m1/s1. The van der Waals surface area contributed by atoms with Crippen molar-refractivity contribution in [1.29, 1.82) is 0 Å². The van der Waals surface area contributed by atoms with E-state index in [0.717, 1.165) is 38.0 Å². The first-order chi connectivity index (χ1) is 9.79. The average Bonchev–Trinajstić information content (AvgIpc) is 2.40. The van der Waals surface area contributed by atoms with E-state index >= 15 is 0 Å². The summed E-state index contributed by atoms with van der Waals surface area (Å²) >= 11 is 0. The zero-order valence-corrected chi connectivity index (χ0v) is 12.6. The van der Waals surface area contributed by atoms with Crippen molar-refractivity contribution < 1.29 is 13.3 Å². The third kappa shape index (κ3) is 3.70. The topological polar surface area (TPSA) is 115 Å². The van der Waals surface area contributed by atoms with Gasteiger partial charge in [0.1, 0.15) is 5.69 Å². The maximum Gasteiger partial charge on any atom is 0.293 e. The molecular formula is C13H19N3O4S. The van der Waals surface area contributed by atoms with Gasteiger partial charge in [0, 0.05) is 24.4 Å². The van der Waals surface area contributed by atoms with Crippen LogP contribution in [0.5, 0.6) is 0 Å². The lowest BCUT2D eigenvalue weighted by Gasteiger charge is -2.30. The van der Waals surface area contributed by atoms with Crippen LogP contribution in [0, 0.1) is 10.1 Å². The second-order valence-corrected chi connectivity index (χ2v) is 7.42. The second kappa shape index (κ2) is 5.98. The van der Waals surface area contributed by atoms with E-state index in [1.807, 2.05) is 0 Å². The molecule has 1 aliphatic rings. The number of nitrogens with zero attached hydrogens (tertiary/aromatic N) is 1. The summed E-state index contributed by atoms with van der Waals surface area (Å²) in [5.74, 6) is 0. The maximum absolute atomic E-state index is 11.5. The summed E-state index contributed by atoms with van der Waals surface area (Å²) in [5.41, 5.74) is 6.10. The molecule has 0 aromatic heterocycles. The number of rotatable bonds is 4. The number of hydrogen-bond acceptors (Lipinski definition) is 6. The van der Waals surface area contributed by atoms with Crippen molar-refractivity contribution >= 4 is 21.2 Å². The SMILES string of the molecule is CS(=O)(=O)c1ccc(N[C@@H]2CCCC[C@H]2N)c([N+](=O)[O-])c1. The fraction of sp³-hybridized carbons (Fsp3) is 0.538. The van der Waals surface area contributed by atoms with E-state index in [9.17, 15) is 18.5 Å². The van der Waals surface area contributed by atoms with Gasteiger partial charge in [-0.25, -0.2) is 8.42 Å². The monoisotopic (exact) mass is 313 g/mol. The molecule has 1 aromatic rings. The summed E-state index contributed by atoms with van der Waals surface area (Å²) in [4.78, 5) is 10.5. The van der Waals surface area contributed by atoms with Gasteiger partial charge in [-0.15, -0.1) is 0 Å². The number of nitrogens with two attached hydrogens (primary N) is 1. The van der Waals surface area contributed by atoms with Gasteiger partial charge in [0.05, 0.1) is 9.82 Å². The van der Waals surface area contributed by atoms with E-state index in [0.29, 0.717) is 5.69 Å². The summed E-state index contributed by atoms with van der Waals surface area (Å²) in [7, 11) is -3.48. The molecule has 0 bridgehead atoms. The van der Waals surface area contributed by atoms with Crippen molar-refractivity contribution in [2.24, 2.45) is 5.73 Å². The molecule has 2 atom stereocenters. The smallest absolute Gasteiger partial charge is 0.293 e. The number of nitrogens with one attached hydrogen (secondary N) is 1. The lowest BCUT2D eigenvalue weighted by molar-refractivity contribution is -0.384. The third-order valence-corrected chi connectivity index (χ3v) is 4.86. The molecule has 116 valence electrons. The highest BCUT2D eigenvalue weighted by molar-refractivity contribution is 7.90. The first-order valence-electron chi connectivity index (χ1n) is 6.79. The molecule has 0 saturated heterocycles. The summed E-state index contributed by atoms with van der Waals surface area (Å²) in [6.07, 6.45) is 4.85. The Morgan fingerprint density at radius 1 is 1.33 bits per heavy atom. The van der Waals surface area contributed by atoms with Gasteiger partial charge in [-0.1, -0.05) is 12.8 Å². The number of sulfone groups is 1. The minimum Gasteiger partial charge on any atom is -0.375 e. The Balaban J connectivity index is 2.32. The first-order valence-corrected chi connectivity index (χ1v) is 8.69. The molecular weight excluding hydrogens is 294 g/mol. The minimum absolute atomic E-state index is 0.0264. The van der Waals surface area contributed by atoms with E-state index < -0.39 is 14.8 Å². The molecule has 0 aliphatic heterocycles. The van der Waals surface area contributed by atoms with Crippen molar-refractivity contribution in [3.8, 4) is 0 Å². The lowest BCUT2D eigenvalue weighted by Crippen LogP contribution is -2.42. The summed E-state index contributed by atoms with van der Waals surface area (Å²) in [5, 5.41) is 14.3. The van der Waals surface area contributed by atoms with Crippen LogP contribution < -0.4 is 11.1 Å². The van der Waals surface area contributed by atoms with Crippen LogP contribution in [0.2, 0.25) is 0 Å². The molecule has 1 aliphatic carbocycles. The van der Waals surface area contributed by atoms with Gasteiger partial charge < -0.3 is 11.1 Å². The number of benzene rings is 1. The van der Waals surface area contributed by atoms with E-state index in [4.69, 9.17) is 5.73 Å². The lowest BCUT2D eigenvalue weighted by atomic mass is 9.91. The first kappa shape index (κ1) is 15.7. The number of nitro benzene ring substituents is 1. The molecule has 8 heteroatoms. The zero-order chi connectivity index (χ0) is 15.6. The second-order valence-electron chi connectivity index (χ2n) is 5.41. The average molecular weight is 313 g/mol. The summed E-state index contributed by atoms with van der Waals surface area (Å²) in [6.45, 7) is 0. The molecule has 0 spiro atoms. The van der Waals surface area contributed by atoms with Gasteiger partial charge in [-0.2, -0.15) is 0 Å².